The maximum atomic E-state index is 12.1. The number of carbonyl (C=O) groups excluding carboxylic acids is 1. The fourth-order valence-corrected chi connectivity index (χ4v) is 4.60. The third kappa shape index (κ3) is 4.60. The second-order valence-electron chi connectivity index (χ2n) is 8.96. The topological polar surface area (TPSA) is 55.8 Å². The molecule has 1 heterocycles. The zero-order valence-electron chi connectivity index (χ0n) is 19.3. The van der Waals surface area contributed by atoms with Crippen LogP contribution in [0.15, 0.2) is 84.9 Å². The van der Waals surface area contributed by atoms with E-state index < -0.39 is 5.60 Å². The van der Waals surface area contributed by atoms with Crippen molar-refractivity contribution in [3.63, 3.8) is 0 Å². The molecule has 1 saturated heterocycles. The van der Waals surface area contributed by atoms with Gasteiger partial charge in [0.05, 0.1) is 5.60 Å². The van der Waals surface area contributed by atoms with Crippen LogP contribution >= 0.6 is 0 Å². The SMILES string of the molecule is CC(=O)c1cc(-c2ccccc2)c2cc(OCc3cccc(C4(O)CCOCC4)c3)ccc2c1. The van der Waals surface area contributed by atoms with Crippen molar-refractivity contribution in [1.82, 2.24) is 0 Å². The third-order valence-corrected chi connectivity index (χ3v) is 6.61. The first kappa shape index (κ1) is 22.3. The summed E-state index contributed by atoms with van der Waals surface area (Å²) in [6, 6.07) is 28.0. The van der Waals surface area contributed by atoms with E-state index in [2.05, 4.69) is 12.1 Å². The number of carbonyl (C=O) groups is 1. The fourth-order valence-electron chi connectivity index (χ4n) is 4.60. The molecule has 0 aromatic heterocycles. The van der Waals surface area contributed by atoms with Gasteiger partial charge in [-0.15, -0.1) is 0 Å². The highest BCUT2D eigenvalue weighted by molar-refractivity contribution is 6.05. The summed E-state index contributed by atoms with van der Waals surface area (Å²) in [5, 5.41) is 13.1. The van der Waals surface area contributed by atoms with Crippen molar-refractivity contribution in [3.8, 4) is 16.9 Å². The van der Waals surface area contributed by atoms with Gasteiger partial charge in [0.25, 0.3) is 0 Å². The summed E-state index contributed by atoms with van der Waals surface area (Å²) in [6.07, 6.45) is 1.21. The molecule has 4 aromatic rings. The standard InChI is InChI=1S/C30H28O4/c1-21(31)25-17-24-10-11-27(19-29(24)28(18-25)23-7-3-2-4-8-23)34-20-22-6-5-9-26(16-22)30(32)12-14-33-15-13-30/h2-11,16-19,32H,12-15,20H2,1H3. The van der Waals surface area contributed by atoms with Crippen LogP contribution in [0, 0.1) is 0 Å². The highest BCUT2D eigenvalue weighted by Gasteiger charge is 2.31. The Balaban J connectivity index is 1.44. The molecule has 4 heteroatoms. The van der Waals surface area contributed by atoms with Crippen molar-refractivity contribution in [2.24, 2.45) is 0 Å². The van der Waals surface area contributed by atoms with Gasteiger partial charge >= 0.3 is 0 Å². The smallest absolute Gasteiger partial charge is 0.159 e. The first-order valence-corrected chi connectivity index (χ1v) is 11.7. The molecule has 1 N–H and O–H groups in total. The van der Waals surface area contributed by atoms with E-state index in [1.807, 2.05) is 72.8 Å². The normalized spacial score (nSPS) is 15.2. The molecule has 1 fully saturated rings. The van der Waals surface area contributed by atoms with Crippen molar-refractivity contribution in [1.29, 1.82) is 0 Å². The summed E-state index contributed by atoms with van der Waals surface area (Å²) in [7, 11) is 0. The highest BCUT2D eigenvalue weighted by atomic mass is 16.5. The second-order valence-corrected chi connectivity index (χ2v) is 8.96. The van der Waals surface area contributed by atoms with Gasteiger partial charge in [0.15, 0.2) is 5.78 Å². The summed E-state index contributed by atoms with van der Waals surface area (Å²) in [6.45, 7) is 3.14. The van der Waals surface area contributed by atoms with Gasteiger partial charge in [-0.2, -0.15) is 0 Å². The number of hydrogen-bond donors (Lipinski definition) is 1. The molecule has 0 radical (unpaired) electrons. The van der Waals surface area contributed by atoms with E-state index in [9.17, 15) is 9.90 Å². The van der Waals surface area contributed by atoms with Crippen LogP contribution in [0.3, 0.4) is 0 Å². The van der Waals surface area contributed by atoms with Gasteiger partial charge in [-0.25, -0.2) is 0 Å². The summed E-state index contributed by atoms with van der Waals surface area (Å²) >= 11 is 0. The van der Waals surface area contributed by atoms with Crippen molar-refractivity contribution in [2.75, 3.05) is 13.2 Å². The Labute approximate surface area is 199 Å². The van der Waals surface area contributed by atoms with E-state index in [-0.39, 0.29) is 5.78 Å². The number of rotatable bonds is 6. The van der Waals surface area contributed by atoms with Gasteiger partial charge in [-0.05, 0) is 70.3 Å². The fraction of sp³-hybridized carbons (Fsp3) is 0.233. The lowest BCUT2D eigenvalue weighted by Crippen LogP contribution is -2.33. The monoisotopic (exact) mass is 452 g/mol. The molecule has 34 heavy (non-hydrogen) atoms. The van der Waals surface area contributed by atoms with Crippen LogP contribution in [0.2, 0.25) is 0 Å². The van der Waals surface area contributed by atoms with E-state index in [4.69, 9.17) is 9.47 Å². The largest absolute Gasteiger partial charge is 0.489 e. The summed E-state index contributed by atoms with van der Waals surface area (Å²) in [4.78, 5) is 12.1. The van der Waals surface area contributed by atoms with Crippen molar-refractivity contribution in [3.05, 3.63) is 102 Å². The Bertz CT molecular complexity index is 1320. The first-order valence-electron chi connectivity index (χ1n) is 11.7. The minimum absolute atomic E-state index is 0.0467. The number of hydrogen-bond acceptors (Lipinski definition) is 4. The Morgan fingerprint density at radius 3 is 2.50 bits per heavy atom. The van der Waals surface area contributed by atoms with E-state index in [0.29, 0.717) is 38.2 Å². The maximum absolute atomic E-state index is 12.1. The Hall–Kier alpha value is -3.47. The lowest BCUT2D eigenvalue weighted by molar-refractivity contribution is -0.0679. The van der Waals surface area contributed by atoms with Crippen LogP contribution in [0.5, 0.6) is 5.75 Å². The van der Waals surface area contributed by atoms with Crippen molar-refractivity contribution >= 4 is 16.6 Å². The molecule has 172 valence electrons. The number of ketones is 1. The molecule has 1 aliphatic rings. The number of fused-ring (bicyclic) bond motifs is 1. The van der Waals surface area contributed by atoms with Crippen LogP contribution in [0.25, 0.3) is 21.9 Å². The molecule has 0 amide bonds. The van der Waals surface area contributed by atoms with Gasteiger partial charge < -0.3 is 14.6 Å². The quantitative estimate of drug-likeness (QED) is 0.350. The van der Waals surface area contributed by atoms with E-state index >= 15 is 0 Å². The van der Waals surface area contributed by atoms with E-state index in [0.717, 1.165) is 38.8 Å². The Kier molecular flexibility index (Phi) is 6.18. The number of ether oxygens (including phenoxy) is 2. The summed E-state index contributed by atoms with van der Waals surface area (Å²) in [5.74, 6) is 0.806. The van der Waals surface area contributed by atoms with E-state index in [1.54, 1.807) is 6.92 Å². The molecule has 4 aromatic carbocycles. The van der Waals surface area contributed by atoms with Gasteiger partial charge in [0.1, 0.15) is 12.4 Å². The molecule has 0 aliphatic carbocycles. The molecule has 0 saturated carbocycles. The zero-order valence-corrected chi connectivity index (χ0v) is 19.3. The molecule has 0 unspecified atom stereocenters. The summed E-state index contributed by atoms with van der Waals surface area (Å²) < 4.78 is 11.6. The van der Waals surface area contributed by atoms with Gasteiger partial charge in [-0.3, -0.25) is 4.79 Å². The minimum Gasteiger partial charge on any atom is -0.489 e. The van der Waals surface area contributed by atoms with Crippen LogP contribution in [0.1, 0.15) is 41.3 Å². The second kappa shape index (κ2) is 9.41. The predicted octanol–water partition coefficient (Wildman–Crippen LogP) is 6.29. The first-order chi connectivity index (χ1) is 16.5. The molecule has 0 atom stereocenters. The average molecular weight is 453 g/mol. The zero-order chi connectivity index (χ0) is 23.5. The maximum Gasteiger partial charge on any atom is 0.159 e. The minimum atomic E-state index is -0.837. The molecule has 0 bridgehead atoms. The molecule has 1 aliphatic heterocycles. The molecule has 5 rings (SSSR count). The van der Waals surface area contributed by atoms with Gasteiger partial charge in [0, 0.05) is 31.6 Å². The molecular weight excluding hydrogens is 424 g/mol. The van der Waals surface area contributed by atoms with Crippen molar-refractivity contribution in [2.45, 2.75) is 32.0 Å². The Morgan fingerprint density at radius 1 is 0.941 bits per heavy atom. The van der Waals surface area contributed by atoms with E-state index in [1.165, 1.54) is 0 Å². The van der Waals surface area contributed by atoms with Gasteiger partial charge in [-0.1, -0.05) is 54.6 Å². The number of Topliss-reactive ketones (excluding diaryl/α,β-unsaturated/α-hetero) is 1. The van der Waals surface area contributed by atoms with Crippen LogP contribution < -0.4 is 4.74 Å². The van der Waals surface area contributed by atoms with Crippen LogP contribution in [0.4, 0.5) is 0 Å². The molecular formula is C30H28O4. The van der Waals surface area contributed by atoms with Gasteiger partial charge in [0.2, 0.25) is 0 Å². The molecule has 4 nitrogen and oxygen atoms in total. The lowest BCUT2D eigenvalue weighted by Gasteiger charge is -2.32. The highest BCUT2D eigenvalue weighted by Crippen LogP contribution is 2.34. The summed E-state index contributed by atoms with van der Waals surface area (Å²) in [5.41, 5.74) is 3.85. The average Bonchev–Trinajstić information content (AvgIpc) is 2.88. The van der Waals surface area contributed by atoms with Crippen molar-refractivity contribution < 1.29 is 19.4 Å². The number of benzene rings is 4. The lowest BCUT2D eigenvalue weighted by atomic mass is 9.86. The van der Waals surface area contributed by atoms with Crippen LogP contribution in [-0.2, 0) is 16.9 Å². The molecule has 0 spiro atoms. The predicted molar refractivity (Wildman–Crippen MR) is 134 cm³/mol. The Morgan fingerprint density at radius 2 is 1.74 bits per heavy atom. The third-order valence-electron chi connectivity index (χ3n) is 6.61. The van der Waals surface area contributed by atoms with Crippen LogP contribution in [-0.4, -0.2) is 24.1 Å². The number of aliphatic hydroxyl groups is 1.